The lowest BCUT2D eigenvalue weighted by Crippen LogP contribution is -2.22. The minimum absolute atomic E-state index is 0.0220. The number of ether oxygens (including phenoxy) is 3. The van der Waals surface area contributed by atoms with E-state index in [1.54, 1.807) is 36.4 Å². The SMILES string of the molecule is COc1cc(NC(C(=O)c2c[nH]c3cc(F)c(C(F)(F)F)cc23)c2ccc(C)cc2OC)cc(OCCO)c1. The van der Waals surface area contributed by atoms with Crippen LogP contribution in [0.15, 0.2) is 54.7 Å². The molecule has 3 aromatic carbocycles. The van der Waals surface area contributed by atoms with Crippen molar-refractivity contribution in [3.05, 3.63) is 82.8 Å². The lowest BCUT2D eigenvalue weighted by molar-refractivity contribution is -0.139. The first-order valence-electron chi connectivity index (χ1n) is 11.8. The second-order valence-corrected chi connectivity index (χ2v) is 8.73. The van der Waals surface area contributed by atoms with E-state index in [1.165, 1.54) is 20.4 Å². The number of carbonyl (C=O) groups is 1. The third-order valence-electron chi connectivity index (χ3n) is 6.09. The molecule has 0 radical (unpaired) electrons. The highest BCUT2D eigenvalue weighted by molar-refractivity contribution is 6.11. The van der Waals surface area contributed by atoms with Crippen LogP contribution in [0.2, 0.25) is 0 Å². The van der Waals surface area contributed by atoms with Crippen LogP contribution in [0, 0.1) is 12.7 Å². The van der Waals surface area contributed by atoms with Gasteiger partial charge in [-0.25, -0.2) is 4.39 Å². The van der Waals surface area contributed by atoms with Crippen LogP contribution in [0.1, 0.15) is 33.1 Å². The summed E-state index contributed by atoms with van der Waals surface area (Å²) in [7, 11) is 2.89. The number of aliphatic hydroxyl groups excluding tert-OH is 1. The van der Waals surface area contributed by atoms with Crippen molar-refractivity contribution >= 4 is 22.4 Å². The van der Waals surface area contributed by atoms with E-state index in [2.05, 4.69) is 10.3 Å². The summed E-state index contributed by atoms with van der Waals surface area (Å²) in [6, 6.07) is 10.2. The zero-order chi connectivity index (χ0) is 28.3. The number of hydrogen-bond acceptors (Lipinski definition) is 6. The number of halogens is 4. The van der Waals surface area contributed by atoms with Crippen LogP contribution in [0.25, 0.3) is 10.9 Å². The number of fused-ring (bicyclic) bond motifs is 1. The molecule has 0 fully saturated rings. The van der Waals surface area contributed by atoms with Gasteiger partial charge in [0.05, 0.1) is 26.4 Å². The van der Waals surface area contributed by atoms with E-state index in [-0.39, 0.29) is 29.7 Å². The monoisotopic (exact) mass is 546 g/mol. The van der Waals surface area contributed by atoms with E-state index in [0.29, 0.717) is 34.6 Å². The Balaban J connectivity index is 1.85. The fraction of sp³-hybridized carbons (Fsp3) is 0.250. The molecule has 1 aromatic heterocycles. The third kappa shape index (κ3) is 5.93. The molecule has 0 aliphatic carbocycles. The van der Waals surface area contributed by atoms with Gasteiger partial charge in [0.25, 0.3) is 0 Å². The number of carbonyl (C=O) groups excluding carboxylic acids is 1. The molecule has 0 amide bonds. The first kappa shape index (κ1) is 27.8. The second-order valence-electron chi connectivity index (χ2n) is 8.73. The quantitative estimate of drug-likeness (QED) is 0.166. The number of methoxy groups -OCH3 is 2. The minimum Gasteiger partial charge on any atom is -0.497 e. The molecule has 7 nitrogen and oxygen atoms in total. The Bertz CT molecular complexity index is 1500. The smallest absolute Gasteiger partial charge is 0.419 e. The molecule has 0 spiro atoms. The van der Waals surface area contributed by atoms with Crippen LogP contribution in [0.5, 0.6) is 17.2 Å². The van der Waals surface area contributed by atoms with Crippen LogP contribution < -0.4 is 19.5 Å². The largest absolute Gasteiger partial charge is 0.497 e. The molecule has 4 rings (SSSR count). The average Bonchev–Trinajstić information content (AvgIpc) is 3.31. The fourth-order valence-electron chi connectivity index (χ4n) is 4.25. The molecule has 1 heterocycles. The van der Waals surface area contributed by atoms with Crippen molar-refractivity contribution in [2.45, 2.75) is 19.1 Å². The number of aromatic nitrogens is 1. The van der Waals surface area contributed by atoms with Crippen molar-refractivity contribution in [3.63, 3.8) is 0 Å². The van der Waals surface area contributed by atoms with Crippen molar-refractivity contribution in [2.75, 3.05) is 32.8 Å². The van der Waals surface area contributed by atoms with Crippen LogP contribution in [-0.4, -0.2) is 43.3 Å². The van der Waals surface area contributed by atoms with Crippen LogP contribution in [0.3, 0.4) is 0 Å². The highest BCUT2D eigenvalue weighted by Gasteiger charge is 2.36. The van der Waals surface area contributed by atoms with Crippen molar-refractivity contribution in [2.24, 2.45) is 0 Å². The summed E-state index contributed by atoms with van der Waals surface area (Å²) in [5.41, 5.74) is 0.168. The number of aryl methyl sites for hydroxylation is 1. The second kappa shape index (κ2) is 11.2. The number of Topliss-reactive ketones (excluding diaryl/α,β-unsaturated/α-hetero) is 1. The average molecular weight is 547 g/mol. The van der Waals surface area contributed by atoms with Gasteiger partial charge in [-0.3, -0.25) is 4.79 Å². The van der Waals surface area contributed by atoms with Crippen LogP contribution in [0.4, 0.5) is 23.2 Å². The maximum absolute atomic E-state index is 14.2. The number of rotatable bonds is 10. The Morgan fingerprint density at radius 1 is 1.05 bits per heavy atom. The molecule has 0 aliphatic rings. The van der Waals surface area contributed by atoms with Crippen molar-refractivity contribution in [3.8, 4) is 17.2 Å². The predicted molar refractivity (Wildman–Crippen MR) is 137 cm³/mol. The van der Waals surface area contributed by atoms with Gasteiger partial charge >= 0.3 is 6.18 Å². The Kier molecular flexibility index (Phi) is 8.01. The van der Waals surface area contributed by atoms with E-state index in [9.17, 15) is 22.4 Å². The van der Waals surface area contributed by atoms with Gasteiger partial charge < -0.3 is 29.6 Å². The first-order chi connectivity index (χ1) is 18.5. The maximum atomic E-state index is 14.2. The molecule has 11 heteroatoms. The van der Waals surface area contributed by atoms with E-state index in [4.69, 9.17) is 19.3 Å². The Hall–Kier alpha value is -4.25. The number of benzene rings is 3. The Labute approximate surface area is 221 Å². The summed E-state index contributed by atoms with van der Waals surface area (Å²) in [6.45, 7) is 1.65. The number of anilines is 1. The van der Waals surface area contributed by atoms with Gasteiger partial charge in [0.15, 0.2) is 5.78 Å². The molecule has 0 saturated carbocycles. The van der Waals surface area contributed by atoms with Gasteiger partial charge in [-0.15, -0.1) is 0 Å². The molecule has 0 aliphatic heterocycles. The number of aliphatic hydroxyl groups is 1. The molecular formula is C28H26F4N2O5. The molecule has 3 N–H and O–H groups in total. The number of aromatic amines is 1. The van der Waals surface area contributed by atoms with Gasteiger partial charge in [0.1, 0.15) is 35.7 Å². The van der Waals surface area contributed by atoms with Gasteiger partial charge in [0, 0.05) is 52.1 Å². The highest BCUT2D eigenvalue weighted by Crippen LogP contribution is 2.38. The summed E-state index contributed by atoms with van der Waals surface area (Å²) in [4.78, 5) is 16.7. The van der Waals surface area contributed by atoms with E-state index in [1.807, 2.05) is 6.92 Å². The molecular weight excluding hydrogens is 520 g/mol. The van der Waals surface area contributed by atoms with E-state index < -0.39 is 29.4 Å². The van der Waals surface area contributed by atoms with Gasteiger partial charge in [-0.1, -0.05) is 12.1 Å². The third-order valence-corrected chi connectivity index (χ3v) is 6.09. The summed E-state index contributed by atoms with van der Waals surface area (Å²) in [5.74, 6) is -0.915. The number of alkyl halides is 3. The first-order valence-corrected chi connectivity index (χ1v) is 11.8. The molecule has 39 heavy (non-hydrogen) atoms. The lowest BCUT2D eigenvalue weighted by atomic mass is 9.94. The van der Waals surface area contributed by atoms with Crippen molar-refractivity contribution < 1.29 is 41.7 Å². The van der Waals surface area contributed by atoms with E-state index >= 15 is 0 Å². The fourth-order valence-corrected chi connectivity index (χ4v) is 4.25. The number of ketones is 1. The maximum Gasteiger partial charge on any atom is 0.419 e. The summed E-state index contributed by atoms with van der Waals surface area (Å²) in [6.07, 6.45) is -3.69. The summed E-state index contributed by atoms with van der Waals surface area (Å²) >= 11 is 0. The summed E-state index contributed by atoms with van der Waals surface area (Å²) in [5, 5.41) is 12.2. The lowest BCUT2D eigenvalue weighted by Gasteiger charge is -2.22. The minimum atomic E-state index is -4.95. The van der Waals surface area contributed by atoms with Crippen LogP contribution in [-0.2, 0) is 6.18 Å². The normalized spacial score (nSPS) is 12.3. The van der Waals surface area contributed by atoms with Gasteiger partial charge in [-0.05, 0) is 30.7 Å². The van der Waals surface area contributed by atoms with Gasteiger partial charge in [0.2, 0.25) is 0 Å². The molecule has 1 atom stereocenters. The summed E-state index contributed by atoms with van der Waals surface area (Å²) < 4.78 is 70.9. The number of hydrogen-bond donors (Lipinski definition) is 3. The van der Waals surface area contributed by atoms with Crippen LogP contribution >= 0.6 is 0 Å². The van der Waals surface area contributed by atoms with Gasteiger partial charge in [-0.2, -0.15) is 13.2 Å². The Morgan fingerprint density at radius 2 is 1.79 bits per heavy atom. The highest BCUT2D eigenvalue weighted by atomic mass is 19.4. The van der Waals surface area contributed by atoms with E-state index in [0.717, 1.165) is 11.6 Å². The topological polar surface area (TPSA) is 92.8 Å². The molecule has 1 unspecified atom stereocenters. The molecule has 0 bridgehead atoms. The zero-order valence-electron chi connectivity index (χ0n) is 21.3. The van der Waals surface area contributed by atoms with Crippen molar-refractivity contribution in [1.29, 1.82) is 0 Å². The Morgan fingerprint density at radius 3 is 2.46 bits per heavy atom. The zero-order valence-corrected chi connectivity index (χ0v) is 21.3. The molecule has 206 valence electrons. The molecule has 0 saturated heterocycles. The standard InChI is InChI=1S/C28H26F4N2O5/c1-15-4-5-19(25(8-15)38-3)26(34-16-9-17(37-2)11-18(10-16)39-7-6-35)27(36)21-14-33-24-13-23(29)22(12-20(21)24)28(30,31)32/h4-5,8-14,26,33-35H,6-7H2,1-3H3. The number of H-pyrrole nitrogens is 1. The van der Waals surface area contributed by atoms with Crippen molar-refractivity contribution in [1.82, 2.24) is 4.98 Å². The predicted octanol–water partition coefficient (Wildman–Crippen LogP) is 6.06. The number of nitrogens with one attached hydrogen (secondary N) is 2. The molecule has 4 aromatic rings.